The van der Waals surface area contributed by atoms with Crippen molar-refractivity contribution in [2.45, 2.75) is 25.4 Å². The number of benzene rings is 1. The van der Waals surface area contributed by atoms with Crippen LogP contribution in [0.3, 0.4) is 0 Å². The third-order valence-electron chi connectivity index (χ3n) is 3.20. The van der Waals surface area contributed by atoms with Gasteiger partial charge in [-0.15, -0.1) is 0 Å². The largest absolute Gasteiger partial charge is 0.389 e. The van der Waals surface area contributed by atoms with Crippen molar-refractivity contribution in [3.05, 3.63) is 29.6 Å². The molecule has 5 heteroatoms. The van der Waals surface area contributed by atoms with Crippen LogP contribution in [0.1, 0.15) is 25.3 Å². The molecular weight excluding hydrogens is 251 g/mol. The summed E-state index contributed by atoms with van der Waals surface area (Å²) >= 11 is 4.93. The molecular formula is C13H17FN2OS. The van der Waals surface area contributed by atoms with Gasteiger partial charge in [0, 0.05) is 24.4 Å². The minimum absolute atomic E-state index is 0.165. The lowest BCUT2D eigenvalue weighted by Gasteiger charge is -2.24. The van der Waals surface area contributed by atoms with Gasteiger partial charge in [-0.25, -0.2) is 4.39 Å². The monoisotopic (exact) mass is 268 g/mol. The van der Waals surface area contributed by atoms with Crippen LogP contribution >= 0.6 is 12.2 Å². The molecule has 1 aliphatic heterocycles. The van der Waals surface area contributed by atoms with Crippen LogP contribution in [0.15, 0.2) is 18.2 Å². The molecule has 0 bridgehead atoms. The molecule has 18 heavy (non-hydrogen) atoms. The van der Waals surface area contributed by atoms with Crippen molar-refractivity contribution >= 4 is 22.9 Å². The average Bonchev–Trinajstić information content (AvgIpc) is 2.75. The standard InChI is InChI=1S/C13H17FN2OS/c1-13(5-2-6-17-13)8-16-11-4-3-9(14)7-10(11)12(15)18/h3-4,7,16H,2,5-6,8H2,1H3,(H2,15,18). The summed E-state index contributed by atoms with van der Waals surface area (Å²) in [6.07, 6.45) is 2.09. The molecule has 0 amide bonds. The first-order valence-electron chi connectivity index (χ1n) is 5.97. The Bertz CT molecular complexity index is 458. The van der Waals surface area contributed by atoms with Crippen molar-refractivity contribution in [1.82, 2.24) is 0 Å². The number of ether oxygens (including phenoxy) is 1. The van der Waals surface area contributed by atoms with Crippen LogP contribution in [0.25, 0.3) is 0 Å². The summed E-state index contributed by atoms with van der Waals surface area (Å²) in [5, 5.41) is 3.25. The molecule has 3 N–H and O–H groups in total. The van der Waals surface area contributed by atoms with Gasteiger partial charge in [0.1, 0.15) is 10.8 Å². The van der Waals surface area contributed by atoms with E-state index in [1.54, 1.807) is 6.07 Å². The molecule has 0 saturated carbocycles. The second-order valence-corrected chi connectivity index (χ2v) is 5.25. The number of thiocarbonyl (C=S) groups is 1. The minimum Gasteiger partial charge on any atom is -0.389 e. The van der Waals surface area contributed by atoms with Gasteiger partial charge in [-0.2, -0.15) is 0 Å². The fraction of sp³-hybridized carbons (Fsp3) is 0.462. The summed E-state index contributed by atoms with van der Waals surface area (Å²) in [6.45, 7) is 3.52. The number of hydrogen-bond acceptors (Lipinski definition) is 3. The predicted molar refractivity (Wildman–Crippen MR) is 74.4 cm³/mol. The quantitative estimate of drug-likeness (QED) is 0.823. The molecule has 1 atom stereocenters. The van der Waals surface area contributed by atoms with E-state index in [4.69, 9.17) is 22.7 Å². The van der Waals surface area contributed by atoms with Gasteiger partial charge in [0.15, 0.2) is 0 Å². The van der Waals surface area contributed by atoms with Crippen LogP contribution in [0.4, 0.5) is 10.1 Å². The summed E-state index contributed by atoms with van der Waals surface area (Å²) in [5.41, 5.74) is 6.71. The first kappa shape index (κ1) is 13.2. The lowest BCUT2D eigenvalue weighted by molar-refractivity contribution is 0.0315. The van der Waals surface area contributed by atoms with Crippen LogP contribution in [0.5, 0.6) is 0 Å². The van der Waals surface area contributed by atoms with E-state index in [1.165, 1.54) is 12.1 Å². The van der Waals surface area contributed by atoms with Gasteiger partial charge in [-0.1, -0.05) is 12.2 Å². The molecule has 1 saturated heterocycles. The first-order valence-corrected chi connectivity index (χ1v) is 6.38. The molecule has 98 valence electrons. The molecule has 1 aromatic carbocycles. The summed E-state index contributed by atoms with van der Waals surface area (Å²) in [6, 6.07) is 4.40. The Morgan fingerprint density at radius 3 is 3.00 bits per heavy atom. The fourth-order valence-electron chi connectivity index (χ4n) is 2.13. The third-order valence-corrected chi connectivity index (χ3v) is 3.42. The Morgan fingerprint density at radius 2 is 2.39 bits per heavy atom. The van der Waals surface area contributed by atoms with Crippen LogP contribution in [-0.4, -0.2) is 23.7 Å². The molecule has 2 rings (SSSR count). The highest BCUT2D eigenvalue weighted by Crippen LogP contribution is 2.26. The molecule has 3 nitrogen and oxygen atoms in total. The molecule has 1 heterocycles. The average molecular weight is 268 g/mol. The number of nitrogens with one attached hydrogen (secondary N) is 1. The first-order chi connectivity index (χ1) is 8.50. The van der Waals surface area contributed by atoms with Gasteiger partial charge in [-0.3, -0.25) is 0 Å². The summed E-state index contributed by atoms with van der Waals surface area (Å²) in [5.74, 6) is -0.341. The number of rotatable bonds is 4. The van der Waals surface area contributed by atoms with Crippen LogP contribution < -0.4 is 11.1 Å². The van der Waals surface area contributed by atoms with E-state index < -0.39 is 0 Å². The van der Waals surface area contributed by atoms with E-state index in [0.717, 1.165) is 25.1 Å². The van der Waals surface area contributed by atoms with Gasteiger partial charge in [0.25, 0.3) is 0 Å². The van der Waals surface area contributed by atoms with E-state index in [1.807, 2.05) is 0 Å². The van der Waals surface area contributed by atoms with Gasteiger partial charge >= 0.3 is 0 Å². The van der Waals surface area contributed by atoms with Crippen molar-refractivity contribution in [1.29, 1.82) is 0 Å². The summed E-state index contributed by atoms with van der Waals surface area (Å²) in [4.78, 5) is 0.189. The number of nitrogens with two attached hydrogens (primary N) is 1. The number of anilines is 1. The van der Waals surface area contributed by atoms with Crippen molar-refractivity contribution < 1.29 is 9.13 Å². The van der Waals surface area contributed by atoms with Crippen molar-refractivity contribution in [2.75, 3.05) is 18.5 Å². The van der Waals surface area contributed by atoms with E-state index in [0.29, 0.717) is 12.1 Å². The Morgan fingerprint density at radius 1 is 1.61 bits per heavy atom. The van der Waals surface area contributed by atoms with E-state index >= 15 is 0 Å². The molecule has 0 spiro atoms. The second-order valence-electron chi connectivity index (χ2n) is 4.81. The maximum atomic E-state index is 13.2. The van der Waals surface area contributed by atoms with Gasteiger partial charge in [0.05, 0.1) is 5.60 Å². The highest BCUT2D eigenvalue weighted by molar-refractivity contribution is 7.80. The zero-order chi connectivity index (χ0) is 13.2. The van der Waals surface area contributed by atoms with E-state index in [2.05, 4.69) is 12.2 Å². The van der Waals surface area contributed by atoms with E-state index in [9.17, 15) is 4.39 Å². The Hall–Kier alpha value is -1.20. The molecule has 1 fully saturated rings. The van der Waals surface area contributed by atoms with Crippen LogP contribution in [-0.2, 0) is 4.74 Å². The molecule has 1 unspecified atom stereocenters. The van der Waals surface area contributed by atoms with Gasteiger partial charge in [-0.05, 0) is 38.0 Å². The molecule has 1 aromatic rings. The van der Waals surface area contributed by atoms with Crippen molar-refractivity contribution in [3.8, 4) is 0 Å². The fourth-order valence-corrected chi connectivity index (χ4v) is 2.30. The highest BCUT2D eigenvalue weighted by Gasteiger charge is 2.29. The van der Waals surface area contributed by atoms with Crippen molar-refractivity contribution in [2.24, 2.45) is 5.73 Å². The zero-order valence-electron chi connectivity index (χ0n) is 10.3. The SMILES string of the molecule is CC1(CNc2ccc(F)cc2C(N)=S)CCCO1. The van der Waals surface area contributed by atoms with Gasteiger partial charge < -0.3 is 15.8 Å². The highest BCUT2D eigenvalue weighted by atomic mass is 32.1. The van der Waals surface area contributed by atoms with Crippen LogP contribution in [0, 0.1) is 5.82 Å². The predicted octanol–water partition coefficient (Wildman–Crippen LogP) is 2.44. The van der Waals surface area contributed by atoms with Crippen molar-refractivity contribution in [3.63, 3.8) is 0 Å². The zero-order valence-corrected chi connectivity index (χ0v) is 11.1. The lowest BCUT2D eigenvalue weighted by Crippen LogP contribution is -2.33. The minimum atomic E-state index is -0.341. The van der Waals surface area contributed by atoms with E-state index in [-0.39, 0.29) is 16.4 Å². The topological polar surface area (TPSA) is 47.3 Å². The summed E-state index contributed by atoms with van der Waals surface area (Å²) in [7, 11) is 0. The second kappa shape index (κ2) is 5.20. The maximum Gasteiger partial charge on any atom is 0.124 e. The number of halogens is 1. The molecule has 1 aliphatic rings. The molecule has 0 aliphatic carbocycles. The molecule has 0 aromatic heterocycles. The smallest absolute Gasteiger partial charge is 0.124 e. The Kier molecular flexibility index (Phi) is 3.82. The normalized spacial score (nSPS) is 23.0. The third kappa shape index (κ3) is 2.97. The molecule has 0 radical (unpaired) electrons. The number of hydrogen-bond donors (Lipinski definition) is 2. The Balaban J connectivity index is 2.11. The van der Waals surface area contributed by atoms with Crippen LogP contribution in [0.2, 0.25) is 0 Å². The lowest BCUT2D eigenvalue weighted by atomic mass is 10.0. The van der Waals surface area contributed by atoms with Gasteiger partial charge in [0.2, 0.25) is 0 Å². The Labute approximate surface area is 112 Å². The summed E-state index contributed by atoms with van der Waals surface area (Å²) < 4.78 is 18.8. The maximum absolute atomic E-state index is 13.2.